The van der Waals surface area contributed by atoms with E-state index in [1.54, 1.807) is 11.1 Å². The van der Waals surface area contributed by atoms with Gasteiger partial charge in [-0.15, -0.1) is 69.1 Å². The summed E-state index contributed by atoms with van der Waals surface area (Å²) in [7, 11) is 11.0. The van der Waals surface area contributed by atoms with Crippen LogP contribution in [0.25, 0.3) is 65.3 Å². The molecule has 0 saturated heterocycles. The van der Waals surface area contributed by atoms with Crippen molar-refractivity contribution in [2.24, 2.45) is 10.8 Å². The molecule has 2 saturated carbocycles. The molecule has 0 aromatic heterocycles. The minimum atomic E-state index is -0.826. The van der Waals surface area contributed by atoms with Gasteiger partial charge in [-0.05, 0) is 107 Å². The van der Waals surface area contributed by atoms with Gasteiger partial charge in [-0.3, -0.25) is 0 Å². The molecule has 0 N–H and O–H groups in total. The molecule has 4 heteroatoms. The van der Waals surface area contributed by atoms with Gasteiger partial charge in [0.1, 0.15) is 0 Å². The van der Waals surface area contributed by atoms with E-state index in [4.69, 9.17) is 17.0 Å². The first-order chi connectivity index (χ1) is 30.4. The molecule has 0 unspecified atom stereocenters. The van der Waals surface area contributed by atoms with Crippen LogP contribution in [0, 0.1) is 10.8 Å². The van der Waals surface area contributed by atoms with Crippen LogP contribution in [-0.2, 0) is 33.7 Å². The van der Waals surface area contributed by atoms with Gasteiger partial charge in [0.25, 0.3) is 0 Å². The molecular weight excluding hydrogens is 887 g/mol. The van der Waals surface area contributed by atoms with Crippen LogP contribution < -0.4 is 0 Å². The molecule has 2 aliphatic rings. The van der Waals surface area contributed by atoms with Gasteiger partial charge in [0.15, 0.2) is 0 Å². The van der Waals surface area contributed by atoms with E-state index < -0.39 is 20.8 Å². The van der Waals surface area contributed by atoms with E-state index in [0.717, 1.165) is 9.52 Å². The minimum absolute atomic E-state index is 0.558. The summed E-state index contributed by atoms with van der Waals surface area (Å²) in [5.74, 6) is 0. The quantitative estimate of drug-likeness (QED) is 0.0947. The summed E-state index contributed by atoms with van der Waals surface area (Å²) in [5.41, 5.74) is 9.58. The molecule has 0 spiro atoms. The van der Waals surface area contributed by atoms with E-state index in [1.807, 2.05) is 0 Å². The molecule has 0 nitrogen and oxygen atoms in total. The average Bonchev–Trinajstić information content (AvgIpc) is 4.12. The summed E-state index contributed by atoms with van der Waals surface area (Å²) >= 11 is -0.826. The Morgan fingerprint density at radius 2 is 0.871 bits per heavy atom. The van der Waals surface area contributed by atoms with Crippen LogP contribution in [0.15, 0.2) is 146 Å². The number of halogens is 2. The van der Waals surface area contributed by atoms with Gasteiger partial charge in [-0.25, -0.2) is 0 Å². The van der Waals surface area contributed by atoms with Crippen molar-refractivity contribution in [3.05, 3.63) is 157 Å². The first kappa shape index (κ1) is 46.7. The fourth-order valence-electron chi connectivity index (χ4n) is 11.2. The van der Waals surface area contributed by atoms with Gasteiger partial charge in [0.05, 0.1) is 0 Å². The van der Waals surface area contributed by atoms with Gasteiger partial charge in [-0.1, -0.05) is 162 Å². The molecule has 10 rings (SSSR count). The Hall–Kier alpha value is -3.26. The Labute approximate surface area is 394 Å². The zero-order valence-corrected chi connectivity index (χ0v) is 42.5. The Bertz CT molecular complexity index is 2450. The number of benzene rings is 6. The summed E-state index contributed by atoms with van der Waals surface area (Å²) in [6, 6.07) is 54.5. The molecule has 2 aliphatic carbocycles. The van der Waals surface area contributed by atoms with E-state index in [-0.39, 0.29) is 0 Å². The molecule has 0 amide bonds. The molecule has 318 valence electrons. The molecule has 8 aromatic rings. The monoisotopic (exact) mass is 948 g/mol. The van der Waals surface area contributed by atoms with E-state index in [0.29, 0.717) is 10.8 Å². The van der Waals surface area contributed by atoms with Crippen molar-refractivity contribution in [1.29, 1.82) is 0 Å². The van der Waals surface area contributed by atoms with Crippen molar-refractivity contribution >= 4 is 69.6 Å². The first-order valence-electron chi connectivity index (χ1n) is 23.3. The van der Waals surface area contributed by atoms with E-state index >= 15 is 0 Å². The molecule has 0 bridgehead atoms. The molecule has 62 heavy (non-hydrogen) atoms. The van der Waals surface area contributed by atoms with Crippen molar-refractivity contribution in [2.75, 3.05) is 0 Å². The summed E-state index contributed by atoms with van der Waals surface area (Å²) in [6.45, 7) is 9.00. The fraction of sp³-hybridized carbons (Fsp3) is 0.345. The Balaban J connectivity index is 0.000000166. The fourth-order valence-corrected chi connectivity index (χ4v) is 11.2. The Morgan fingerprint density at radius 3 is 1.24 bits per heavy atom. The van der Waals surface area contributed by atoms with Gasteiger partial charge >= 0.3 is 37.9 Å². The predicted octanol–water partition coefficient (Wildman–Crippen LogP) is 18.7. The normalized spacial score (nSPS) is 15.1. The first-order valence-corrected chi connectivity index (χ1v) is 31.6. The topological polar surface area (TPSA) is 0 Å². The zero-order chi connectivity index (χ0) is 43.4. The Morgan fingerprint density at radius 1 is 0.500 bits per heavy atom. The molecule has 8 aromatic carbocycles. The maximum absolute atomic E-state index is 4.93. The maximum atomic E-state index is 4.93. The second-order valence-corrected chi connectivity index (χ2v) is 23.0. The van der Waals surface area contributed by atoms with Gasteiger partial charge in [-0.2, -0.15) is 12.1 Å². The van der Waals surface area contributed by atoms with Crippen LogP contribution in [0.5, 0.6) is 0 Å². The predicted molar refractivity (Wildman–Crippen MR) is 273 cm³/mol. The van der Waals surface area contributed by atoms with Crippen LogP contribution in [0.1, 0.15) is 102 Å². The van der Waals surface area contributed by atoms with Crippen LogP contribution >= 0.6 is 17.0 Å². The third kappa shape index (κ3) is 11.3. The second kappa shape index (κ2) is 22.6. The van der Waals surface area contributed by atoms with E-state index in [1.165, 1.54) is 155 Å². The van der Waals surface area contributed by atoms with Crippen molar-refractivity contribution in [3.63, 3.8) is 0 Å². The SMILES string of the molecule is CCCC1(Cc2cc3c(-c4ccc5ccccc5c4)cccc3[cH-]2)CCCC1.CCCC1(Cc2cc3c(-c4ccc5ccccc5c4)cccc3[cH-]2)CCCC1.C[Si]C.[Cl][Zr+2][Cl]. The number of hydrogen-bond donors (Lipinski definition) is 0. The summed E-state index contributed by atoms with van der Waals surface area (Å²) in [5, 5.41) is 10.9. The second-order valence-electron chi connectivity index (χ2n) is 18.3. The van der Waals surface area contributed by atoms with Crippen LogP contribution in [0.3, 0.4) is 0 Å². The van der Waals surface area contributed by atoms with Crippen LogP contribution in [0.2, 0.25) is 13.1 Å². The van der Waals surface area contributed by atoms with Gasteiger partial charge in [0, 0.05) is 9.52 Å². The average molecular weight is 951 g/mol. The standard InChI is InChI=1S/2C28H29.C2H6Si.2ClH.Zr/c2*1-2-14-28(15-5-6-16-28)20-21-17-24-10-7-11-26(27(24)18-21)25-13-12-22-8-3-4-9-23(22)19-25;1-3-2;;;/h2*3-4,7-13,17-19H,2,5-6,14-16,20H2,1H3;1-2H3;2*1H;/q2*-1;;;;+4/p-2. The summed E-state index contributed by atoms with van der Waals surface area (Å²) in [4.78, 5) is 0. The zero-order valence-electron chi connectivity index (χ0n) is 37.5. The third-order valence-electron chi connectivity index (χ3n) is 13.8. The van der Waals surface area contributed by atoms with Crippen molar-refractivity contribution < 1.29 is 20.8 Å². The van der Waals surface area contributed by atoms with Crippen molar-refractivity contribution in [2.45, 2.75) is 117 Å². The van der Waals surface area contributed by atoms with Crippen LogP contribution in [-0.4, -0.2) is 9.52 Å². The van der Waals surface area contributed by atoms with Gasteiger partial charge in [0.2, 0.25) is 0 Å². The summed E-state index contributed by atoms with van der Waals surface area (Å²) < 4.78 is 0. The third-order valence-corrected chi connectivity index (χ3v) is 13.8. The van der Waals surface area contributed by atoms with E-state index in [9.17, 15) is 0 Å². The summed E-state index contributed by atoms with van der Waals surface area (Å²) in [6.07, 6.45) is 19.2. The molecule has 2 radical (unpaired) electrons. The number of fused-ring (bicyclic) bond motifs is 4. The van der Waals surface area contributed by atoms with Crippen LogP contribution in [0.4, 0.5) is 0 Å². The molecule has 0 aliphatic heterocycles. The van der Waals surface area contributed by atoms with Crippen molar-refractivity contribution in [3.8, 4) is 22.3 Å². The van der Waals surface area contributed by atoms with Gasteiger partial charge < -0.3 is 0 Å². The number of hydrogen-bond acceptors (Lipinski definition) is 0. The van der Waals surface area contributed by atoms with E-state index in [2.05, 4.69) is 173 Å². The van der Waals surface area contributed by atoms with Crippen molar-refractivity contribution in [1.82, 2.24) is 0 Å². The molecule has 0 atom stereocenters. The molecule has 2 fully saturated rings. The number of rotatable bonds is 10. The molecule has 0 heterocycles. The Kier molecular flexibility index (Phi) is 17.0. The molecular formula is C58H64Cl2SiZr.